The van der Waals surface area contributed by atoms with Crippen LogP contribution in [0, 0.1) is 47.3 Å². The average molecular weight is 1370 g/mol. The summed E-state index contributed by atoms with van der Waals surface area (Å²) in [4.78, 5) is 41.5. The van der Waals surface area contributed by atoms with Crippen LogP contribution in [0.1, 0.15) is 127 Å². The van der Waals surface area contributed by atoms with Crippen LogP contribution < -0.4 is 5.32 Å². The second kappa shape index (κ2) is 34.3. The SMILES string of the molecule is CCC1O[C@@H](O[C@@H]2C(CC)O[C@H](F)C(O[C@@H]3OC(CC)[C@@H](O[C@@H]4OC(COCc5ccccc5)[C@H](C)[C@H](C)C4OC(=O)c4ccccc4)[C@@H](C)C3NC(=O)OCC(Cl)(Cl)Cl)[C@H]2C)C(C)[C@@H](C)[C@@H]1O[C@@H]1OC(COCc2ccccc2)[C@H](C)[C@H](C)C1OC(=O)c1ccccc1. The Labute approximate surface area is 568 Å². The van der Waals surface area contributed by atoms with Crippen LogP contribution >= 0.6 is 34.8 Å². The molecule has 0 radical (unpaired) electrons. The van der Waals surface area contributed by atoms with Gasteiger partial charge in [-0.2, -0.15) is 0 Å². The topological polar surface area (TPSA) is 192 Å². The van der Waals surface area contributed by atoms with Gasteiger partial charge in [-0.25, -0.2) is 18.8 Å². The first-order valence-electron chi connectivity index (χ1n) is 33.4. The van der Waals surface area contributed by atoms with Gasteiger partial charge >= 0.3 is 18.0 Å². The summed E-state index contributed by atoms with van der Waals surface area (Å²) in [5.41, 5.74) is 2.78. The Morgan fingerprint density at radius 3 is 1.26 bits per heavy atom. The van der Waals surface area contributed by atoms with E-state index >= 15 is 4.39 Å². The van der Waals surface area contributed by atoms with E-state index in [9.17, 15) is 14.4 Å². The van der Waals surface area contributed by atoms with E-state index in [4.69, 9.17) is 101 Å². The van der Waals surface area contributed by atoms with Gasteiger partial charge in [0.25, 0.3) is 0 Å². The van der Waals surface area contributed by atoms with Crippen LogP contribution in [-0.2, 0) is 79.5 Å². The Hall–Kier alpha value is -4.55. The number of hydrogen-bond acceptors (Lipinski definition) is 17. The van der Waals surface area contributed by atoms with E-state index in [2.05, 4.69) is 19.2 Å². The second-order valence-electron chi connectivity index (χ2n) is 26.0. The molecule has 9 rings (SSSR count). The van der Waals surface area contributed by atoms with Crippen molar-refractivity contribution in [2.24, 2.45) is 47.3 Å². The first kappa shape index (κ1) is 73.7. The fraction of sp³-hybridized carbons (Fsp3) is 0.625. The predicted molar refractivity (Wildman–Crippen MR) is 350 cm³/mol. The maximum Gasteiger partial charge on any atom is 0.407 e. The molecule has 4 aromatic carbocycles. The van der Waals surface area contributed by atoms with Crippen molar-refractivity contribution >= 4 is 52.8 Å². The zero-order valence-corrected chi connectivity index (χ0v) is 57.9. The number of alkyl halides is 4. The third-order valence-corrected chi connectivity index (χ3v) is 20.1. The van der Waals surface area contributed by atoms with Gasteiger partial charge in [0.2, 0.25) is 10.2 Å². The van der Waals surface area contributed by atoms with E-state index in [1.165, 1.54) is 0 Å². The number of hydrogen-bond donors (Lipinski definition) is 1. The third-order valence-electron chi connectivity index (χ3n) is 19.8. The van der Waals surface area contributed by atoms with Crippen LogP contribution in [0.25, 0.3) is 0 Å². The molecular formula is C72H95Cl3FNO17. The van der Waals surface area contributed by atoms with E-state index in [1.54, 1.807) is 48.5 Å². The quantitative estimate of drug-likeness (QED) is 0.0374. The number of nitrogens with one attached hydrogen (secondary N) is 1. The fourth-order valence-corrected chi connectivity index (χ4v) is 13.6. The van der Waals surface area contributed by atoms with Crippen LogP contribution in [-0.4, -0.2) is 146 Å². The highest BCUT2D eigenvalue weighted by molar-refractivity contribution is 6.67. The molecule has 5 heterocycles. The lowest BCUT2D eigenvalue weighted by Crippen LogP contribution is -2.65. The summed E-state index contributed by atoms with van der Waals surface area (Å²) >= 11 is 18.2. The highest BCUT2D eigenvalue weighted by Gasteiger charge is 2.56. The number of halogens is 4. The number of rotatable bonds is 25. The van der Waals surface area contributed by atoms with Gasteiger partial charge in [0.1, 0.15) is 12.7 Å². The molecule has 0 spiro atoms. The van der Waals surface area contributed by atoms with Crippen LogP contribution in [0.2, 0.25) is 0 Å². The van der Waals surface area contributed by atoms with Crippen molar-refractivity contribution in [2.45, 2.75) is 217 Å². The van der Waals surface area contributed by atoms with Crippen molar-refractivity contribution in [3.05, 3.63) is 144 Å². The first-order chi connectivity index (χ1) is 45.1. The number of esters is 2. The maximum absolute atomic E-state index is 17.1. The molecule has 5 saturated heterocycles. The van der Waals surface area contributed by atoms with Crippen molar-refractivity contribution < 1.29 is 85.1 Å². The van der Waals surface area contributed by atoms with Crippen molar-refractivity contribution in [1.82, 2.24) is 5.32 Å². The standard InChI is InChI=1S/C72H95Cl3FNO17/c1-12-52-60(91-67-45(9)44(8)58(53(13-2)85-67)92-69-62(89-65(78)50-31-23-17-24-32-50)42(6)40(4)55(87-69)37-81-35-48-27-19-15-20-28-48)47(11)61(64(76)84-52)94-68-57(77-71(80)83-39-72(73,74)75)46(10)59(54(14-3)86-68)93-70-63(90-66(79)51-33-25-18-26-34-51)43(7)41(5)56(88-70)38-82-36-49-29-21-16-22-30-49/h15-34,40-47,52-64,67-70H,12-14,35-39H2,1-11H3,(H,77,80)/t40-,41-,42+,43+,44-,45?,46+,47+,52?,53?,54?,55?,56?,57?,58+,59+,60+,61?,62?,63?,64+,67+,68+,69+,70+/m1/s1. The number of amides is 1. The Balaban J connectivity index is 0.929. The summed E-state index contributed by atoms with van der Waals surface area (Å²) in [6, 6.07) is 36.1. The lowest BCUT2D eigenvalue weighted by atomic mass is 9.82. The van der Waals surface area contributed by atoms with E-state index in [0.717, 1.165) is 11.1 Å². The molecule has 518 valence electrons. The van der Waals surface area contributed by atoms with Gasteiger partial charge < -0.3 is 71.6 Å². The molecule has 0 aromatic heterocycles. The van der Waals surface area contributed by atoms with Gasteiger partial charge in [-0.15, -0.1) is 0 Å². The van der Waals surface area contributed by atoms with Crippen molar-refractivity contribution in [2.75, 3.05) is 19.8 Å². The Kier molecular flexibility index (Phi) is 26.9. The number of carbonyl (C=O) groups excluding carboxylic acids is 3. The molecule has 0 saturated carbocycles. The smallest absolute Gasteiger partial charge is 0.407 e. The molecule has 25 atom stereocenters. The summed E-state index contributed by atoms with van der Waals surface area (Å²) in [6.07, 6.45) is -14.2. The molecule has 10 unspecified atom stereocenters. The lowest BCUT2D eigenvalue weighted by Gasteiger charge is -2.52. The molecule has 0 aliphatic carbocycles. The zero-order valence-electron chi connectivity index (χ0n) is 55.6. The Morgan fingerprint density at radius 1 is 0.436 bits per heavy atom. The Morgan fingerprint density at radius 2 is 0.809 bits per heavy atom. The molecular weight excluding hydrogens is 1280 g/mol. The summed E-state index contributed by atoms with van der Waals surface area (Å²) in [6.45, 7) is 22.3. The maximum atomic E-state index is 17.1. The van der Waals surface area contributed by atoms with E-state index in [-0.39, 0.29) is 48.7 Å². The number of benzene rings is 4. The van der Waals surface area contributed by atoms with Crippen LogP contribution in [0.15, 0.2) is 121 Å². The molecule has 4 aromatic rings. The molecule has 22 heteroatoms. The van der Waals surface area contributed by atoms with E-state index < -0.39 is 145 Å². The molecule has 5 fully saturated rings. The highest BCUT2D eigenvalue weighted by Crippen LogP contribution is 2.45. The third kappa shape index (κ3) is 18.6. The normalized spacial score (nSPS) is 36.2. The molecule has 1 amide bonds. The monoisotopic (exact) mass is 1370 g/mol. The fourth-order valence-electron chi connectivity index (χ4n) is 13.4. The van der Waals surface area contributed by atoms with Crippen LogP contribution in [0.4, 0.5) is 9.18 Å². The molecule has 18 nitrogen and oxygen atoms in total. The van der Waals surface area contributed by atoms with Gasteiger partial charge in [-0.3, -0.25) is 0 Å². The summed E-state index contributed by atoms with van der Waals surface area (Å²) in [5, 5.41) is 2.87. The molecule has 94 heavy (non-hydrogen) atoms. The van der Waals surface area contributed by atoms with E-state index in [1.807, 2.05) is 135 Å². The van der Waals surface area contributed by atoms with Crippen molar-refractivity contribution in [3.63, 3.8) is 0 Å². The number of carbonyl (C=O) groups is 3. The van der Waals surface area contributed by atoms with Gasteiger partial charge in [0, 0.05) is 29.6 Å². The van der Waals surface area contributed by atoms with Gasteiger partial charge in [0.15, 0.2) is 37.4 Å². The van der Waals surface area contributed by atoms with Gasteiger partial charge in [0.05, 0.1) is 92.4 Å². The second-order valence-corrected chi connectivity index (χ2v) is 28.5. The van der Waals surface area contributed by atoms with Gasteiger partial charge in [-0.05, 0) is 72.4 Å². The van der Waals surface area contributed by atoms with E-state index in [0.29, 0.717) is 43.6 Å². The Bertz CT molecular complexity index is 2960. The molecule has 0 bridgehead atoms. The minimum absolute atomic E-state index is 0.0796. The lowest BCUT2D eigenvalue weighted by molar-refractivity contribution is -0.365. The zero-order chi connectivity index (χ0) is 67.4. The summed E-state index contributed by atoms with van der Waals surface area (Å²) in [7, 11) is 0. The highest BCUT2D eigenvalue weighted by atomic mass is 35.6. The first-order valence-corrected chi connectivity index (χ1v) is 34.5. The minimum atomic E-state index is -1.98. The molecule has 5 aliphatic rings. The van der Waals surface area contributed by atoms with Crippen LogP contribution in [0.5, 0.6) is 0 Å². The van der Waals surface area contributed by atoms with Gasteiger partial charge in [-0.1, -0.05) is 208 Å². The van der Waals surface area contributed by atoms with Crippen LogP contribution in [0.3, 0.4) is 0 Å². The summed E-state index contributed by atoms with van der Waals surface area (Å²) < 4.78 is 107. The predicted octanol–water partition coefficient (Wildman–Crippen LogP) is 13.8. The van der Waals surface area contributed by atoms with Crippen molar-refractivity contribution in [1.29, 1.82) is 0 Å². The molecule has 1 N–H and O–H groups in total. The number of alkyl carbamates (subject to hydrolysis) is 1. The minimum Gasteiger partial charge on any atom is -0.453 e. The number of ether oxygens (including phenoxy) is 14. The average Bonchev–Trinajstić information content (AvgIpc) is 0.784. The molecule has 5 aliphatic heterocycles. The summed E-state index contributed by atoms with van der Waals surface area (Å²) in [5.74, 6) is -3.74. The van der Waals surface area contributed by atoms with Crippen molar-refractivity contribution in [3.8, 4) is 0 Å². The largest absolute Gasteiger partial charge is 0.453 e.